The second-order valence-corrected chi connectivity index (χ2v) is 6.31. The molecule has 2 N–H and O–H groups in total. The summed E-state index contributed by atoms with van der Waals surface area (Å²) in [4.78, 5) is 23.6. The maximum atomic E-state index is 11.8. The Balaban J connectivity index is 1.36. The highest BCUT2D eigenvalue weighted by Gasteiger charge is 2.36. The summed E-state index contributed by atoms with van der Waals surface area (Å²) in [7, 11) is 0. The third-order valence-electron chi connectivity index (χ3n) is 4.27. The zero-order valence-corrected chi connectivity index (χ0v) is 14.2. The Morgan fingerprint density at radius 3 is 2.56 bits per heavy atom. The van der Waals surface area contributed by atoms with Crippen molar-refractivity contribution in [2.24, 2.45) is 5.92 Å². The average Bonchev–Trinajstić information content (AvgIpc) is 3.18. The number of amides is 2. The van der Waals surface area contributed by atoms with Crippen LogP contribution in [-0.2, 0) is 4.79 Å². The van der Waals surface area contributed by atoms with Crippen molar-refractivity contribution in [3.63, 3.8) is 0 Å². The lowest BCUT2D eigenvalue weighted by atomic mass is 10.2. The molecular formula is C20H22N2O3. The lowest BCUT2D eigenvalue weighted by molar-refractivity contribution is -0.116. The molecule has 0 spiro atoms. The predicted octanol–water partition coefficient (Wildman–Crippen LogP) is 2.96. The molecule has 2 amide bonds. The summed E-state index contributed by atoms with van der Waals surface area (Å²) in [6, 6.07) is 12.8. The number of carbonyl (C=O) groups excluding carboxylic acids is 2. The average molecular weight is 338 g/mol. The zero-order chi connectivity index (χ0) is 17.6. The Kier molecular flexibility index (Phi) is 5.33. The van der Waals surface area contributed by atoms with Gasteiger partial charge in [0.25, 0.3) is 5.91 Å². The molecule has 0 saturated heterocycles. The summed E-state index contributed by atoms with van der Waals surface area (Å²) < 4.78 is 5.71. The van der Waals surface area contributed by atoms with Gasteiger partial charge in [-0.2, -0.15) is 0 Å². The summed E-state index contributed by atoms with van der Waals surface area (Å²) in [5.74, 6) is 2.54. The van der Waals surface area contributed by atoms with Gasteiger partial charge in [0, 0.05) is 30.6 Å². The van der Waals surface area contributed by atoms with Gasteiger partial charge in [0.15, 0.2) is 0 Å². The second kappa shape index (κ2) is 7.83. The van der Waals surface area contributed by atoms with Gasteiger partial charge in [-0.1, -0.05) is 25.1 Å². The van der Waals surface area contributed by atoms with Crippen LogP contribution in [0.2, 0.25) is 0 Å². The van der Waals surface area contributed by atoms with Crippen LogP contribution in [0, 0.1) is 5.92 Å². The predicted molar refractivity (Wildman–Crippen MR) is 96.0 cm³/mol. The topological polar surface area (TPSA) is 71.3 Å². The van der Waals surface area contributed by atoms with Crippen LogP contribution in [0.1, 0.15) is 41.1 Å². The largest absolute Gasteiger partial charge is 0.461 e. The van der Waals surface area contributed by atoms with Crippen LogP contribution in [0.5, 0.6) is 0 Å². The van der Waals surface area contributed by atoms with Gasteiger partial charge in [-0.15, -0.1) is 0 Å². The molecule has 3 rings (SSSR count). The molecule has 0 bridgehead atoms. The number of nitrogens with one attached hydrogen (secondary N) is 2. The zero-order valence-electron chi connectivity index (χ0n) is 14.2. The molecule has 130 valence electrons. The Morgan fingerprint density at radius 2 is 1.84 bits per heavy atom. The van der Waals surface area contributed by atoms with Gasteiger partial charge in [0.05, 0.1) is 0 Å². The molecule has 1 fully saturated rings. The van der Waals surface area contributed by atoms with Gasteiger partial charge in [-0.3, -0.25) is 9.59 Å². The highest BCUT2D eigenvalue weighted by Crippen LogP contribution is 2.47. The number of furan rings is 1. The van der Waals surface area contributed by atoms with Gasteiger partial charge in [-0.05, 0) is 42.7 Å². The van der Waals surface area contributed by atoms with E-state index in [2.05, 4.69) is 17.6 Å². The van der Waals surface area contributed by atoms with Gasteiger partial charge in [0.2, 0.25) is 5.91 Å². The third-order valence-corrected chi connectivity index (χ3v) is 4.27. The summed E-state index contributed by atoms with van der Waals surface area (Å²) in [5, 5.41) is 5.49. The maximum absolute atomic E-state index is 11.8. The van der Waals surface area contributed by atoms with Crippen molar-refractivity contribution in [3.8, 4) is 0 Å². The SMILES string of the molecule is CC1CC1c1ccc(/C=C/C(=O)NCCNC(=O)c2ccccc2)o1. The molecule has 2 atom stereocenters. The standard InChI is InChI=1S/C20H22N2O3/c1-14-13-17(14)18-9-7-16(25-18)8-10-19(23)21-11-12-22-20(24)15-5-3-2-4-6-15/h2-10,14,17H,11-13H2,1H3,(H,21,23)(H,22,24)/b10-8+. The first kappa shape index (κ1) is 17.0. The lowest BCUT2D eigenvalue weighted by Crippen LogP contribution is -2.33. The van der Waals surface area contributed by atoms with E-state index < -0.39 is 0 Å². The third kappa shape index (κ3) is 4.83. The quantitative estimate of drug-likeness (QED) is 0.602. The van der Waals surface area contributed by atoms with Gasteiger partial charge >= 0.3 is 0 Å². The first-order valence-corrected chi connectivity index (χ1v) is 8.52. The van der Waals surface area contributed by atoms with Crippen molar-refractivity contribution in [1.29, 1.82) is 0 Å². The van der Waals surface area contributed by atoms with Crippen LogP contribution >= 0.6 is 0 Å². The number of benzene rings is 1. The van der Waals surface area contributed by atoms with E-state index in [1.165, 1.54) is 12.5 Å². The van der Waals surface area contributed by atoms with Crippen molar-refractivity contribution in [2.75, 3.05) is 13.1 Å². The smallest absolute Gasteiger partial charge is 0.251 e. The summed E-state index contributed by atoms with van der Waals surface area (Å²) in [6.45, 7) is 2.94. The van der Waals surface area contributed by atoms with Crippen LogP contribution in [-0.4, -0.2) is 24.9 Å². The van der Waals surface area contributed by atoms with E-state index in [1.54, 1.807) is 18.2 Å². The molecule has 1 saturated carbocycles. The number of carbonyl (C=O) groups is 2. The van der Waals surface area contributed by atoms with Crippen LogP contribution in [0.3, 0.4) is 0 Å². The van der Waals surface area contributed by atoms with Crippen molar-refractivity contribution < 1.29 is 14.0 Å². The molecule has 1 aromatic carbocycles. The minimum absolute atomic E-state index is 0.150. The fourth-order valence-electron chi connectivity index (χ4n) is 2.65. The molecule has 25 heavy (non-hydrogen) atoms. The molecule has 1 aromatic heterocycles. The molecular weight excluding hydrogens is 316 g/mol. The molecule has 0 radical (unpaired) electrons. The molecule has 5 heteroatoms. The summed E-state index contributed by atoms with van der Waals surface area (Å²) in [5.41, 5.74) is 0.604. The van der Waals surface area contributed by atoms with E-state index in [0.29, 0.717) is 36.2 Å². The molecule has 2 unspecified atom stereocenters. The molecule has 0 aliphatic heterocycles. The minimum atomic E-state index is -0.216. The molecule has 1 aliphatic carbocycles. The van der Waals surface area contributed by atoms with Crippen LogP contribution in [0.15, 0.2) is 53.0 Å². The lowest BCUT2D eigenvalue weighted by Gasteiger charge is -2.05. The fourth-order valence-corrected chi connectivity index (χ4v) is 2.65. The summed E-state index contributed by atoms with van der Waals surface area (Å²) in [6.07, 6.45) is 4.28. The van der Waals surface area contributed by atoms with Crippen molar-refractivity contribution in [1.82, 2.24) is 10.6 Å². The van der Waals surface area contributed by atoms with Gasteiger partial charge < -0.3 is 15.1 Å². The second-order valence-electron chi connectivity index (χ2n) is 6.31. The molecule has 2 aromatic rings. The van der Waals surface area contributed by atoms with Crippen LogP contribution in [0.4, 0.5) is 0 Å². The van der Waals surface area contributed by atoms with Crippen molar-refractivity contribution in [3.05, 3.63) is 65.6 Å². The normalized spacial score (nSPS) is 18.9. The first-order chi connectivity index (χ1) is 12.1. The Bertz CT molecular complexity index is 764. The Morgan fingerprint density at radius 1 is 1.12 bits per heavy atom. The Hall–Kier alpha value is -2.82. The van der Waals surface area contributed by atoms with E-state index >= 15 is 0 Å². The van der Waals surface area contributed by atoms with E-state index in [4.69, 9.17) is 4.42 Å². The van der Waals surface area contributed by atoms with Crippen molar-refractivity contribution in [2.45, 2.75) is 19.3 Å². The van der Waals surface area contributed by atoms with E-state index in [-0.39, 0.29) is 11.8 Å². The van der Waals surface area contributed by atoms with Crippen LogP contribution in [0.25, 0.3) is 6.08 Å². The molecule has 5 nitrogen and oxygen atoms in total. The Labute approximate surface area is 147 Å². The molecule has 1 heterocycles. The number of rotatable bonds is 7. The minimum Gasteiger partial charge on any atom is -0.461 e. The van der Waals surface area contributed by atoms with Crippen molar-refractivity contribution >= 4 is 17.9 Å². The highest BCUT2D eigenvalue weighted by atomic mass is 16.3. The number of hydrogen-bond donors (Lipinski definition) is 2. The monoisotopic (exact) mass is 338 g/mol. The fraction of sp³-hybridized carbons (Fsp3) is 0.300. The van der Waals surface area contributed by atoms with Gasteiger partial charge in [0.1, 0.15) is 11.5 Å². The van der Waals surface area contributed by atoms with E-state index in [9.17, 15) is 9.59 Å². The van der Waals surface area contributed by atoms with Gasteiger partial charge in [-0.25, -0.2) is 0 Å². The summed E-state index contributed by atoms with van der Waals surface area (Å²) >= 11 is 0. The first-order valence-electron chi connectivity index (χ1n) is 8.52. The van der Waals surface area contributed by atoms with Crippen LogP contribution < -0.4 is 10.6 Å². The van der Waals surface area contributed by atoms with E-state index in [1.807, 2.05) is 30.3 Å². The highest BCUT2D eigenvalue weighted by molar-refractivity contribution is 5.94. The number of hydrogen-bond acceptors (Lipinski definition) is 3. The maximum Gasteiger partial charge on any atom is 0.251 e. The molecule has 1 aliphatic rings. The van der Waals surface area contributed by atoms with E-state index in [0.717, 1.165) is 5.76 Å².